The minimum absolute atomic E-state index is 0.0167. The normalized spacial score (nSPS) is 14.7. The second-order valence-electron chi connectivity index (χ2n) is 5.42. The number of aromatic nitrogens is 1. The summed E-state index contributed by atoms with van der Waals surface area (Å²) in [6, 6.07) is 9.71. The number of nitrogens with zero attached hydrogens (tertiary/aromatic N) is 2. The molecular weight excluding hydrogens is 281 g/mol. The van der Waals surface area contributed by atoms with Crippen LogP contribution in [-0.2, 0) is 0 Å². The number of likely N-dealkylation sites (tertiary alicyclic amines) is 1. The average molecular weight is 299 g/mol. The van der Waals surface area contributed by atoms with Gasteiger partial charge in [-0.15, -0.1) is 0 Å². The molecule has 1 fully saturated rings. The van der Waals surface area contributed by atoms with E-state index in [9.17, 15) is 9.18 Å². The number of anilines is 2. The van der Waals surface area contributed by atoms with E-state index in [1.807, 2.05) is 4.90 Å². The second-order valence-corrected chi connectivity index (χ2v) is 5.42. The van der Waals surface area contributed by atoms with Gasteiger partial charge in [0.1, 0.15) is 11.5 Å². The maximum Gasteiger partial charge on any atom is 0.272 e. The fraction of sp³-hybridized carbons (Fsp3) is 0.294. The van der Waals surface area contributed by atoms with Crippen LogP contribution < -0.4 is 5.32 Å². The zero-order valence-corrected chi connectivity index (χ0v) is 12.3. The lowest BCUT2D eigenvalue weighted by Crippen LogP contribution is -2.36. The van der Waals surface area contributed by atoms with Crippen molar-refractivity contribution in [1.29, 1.82) is 0 Å². The van der Waals surface area contributed by atoms with Crippen LogP contribution in [0.25, 0.3) is 0 Å². The van der Waals surface area contributed by atoms with E-state index in [1.165, 1.54) is 18.6 Å². The first-order valence-corrected chi connectivity index (χ1v) is 7.50. The Bertz CT molecular complexity index is 651. The van der Waals surface area contributed by atoms with Crippen LogP contribution in [0.4, 0.5) is 15.8 Å². The molecule has 114 valence electrons. The van der Waals surface area contributed by atoms with E-state index in [-0.39, 0.29) is 11.7 Å². The molecule has 1 aliphatic heterocycles. The summed E-state index contributed by atoms with van der Waals surface area (Å²) in [4.78, 5) is 18.4. The van der Waals surface area contributed by atoms with Crippen molar-refractivity contribution in [3.63, 3.8) is 0 Å². The van der Waals surface area contributed by atoms with E-state index >= 15 is 0 Å². The molecular formula is C17H18FN3O. The topological polar surface area (TPSA) is 45.2 Å². The predicted molar refractivity (Wildman–Crippen MR) is 83.7 cm³/mol. The Labute approximate surface area is 129 Å². The largest absolute Gasteiger partial charge is 0.354 e. The van der Waals surface area contributed by atoms with Crippen LogP contribution in [0, 0.1) is 5.82 Å². The summed E-state index contributed by atoms with van der Waals surface area (Å²) in [5, 5.41) is 3.06. The lowest BCUT2D eigenvalue weighted by molar-refractivity contribution is 0.0718. The molecule has 2 aromatic rings. The van der Waals surface area contributed by atoms with E-state index in [0.29, 0.717) is 11.4 Å². The van der Waals surface area contributed by atoms with Crippen LogP contribution in [0.1, 0.15) is 29.8 Å². The van der Waals surface area contributed by atoms with Gasteiger partial charge in [-0.2, -0.15) is 0 Å². The molecule has 0 radical (unpaired) electrons. The van der Waals surface area contributed by atoms with Gasteiger partial charge in [-0.25, -0.2) is 9.37 Å². The van der Waals surface area contributed by atoms with Crippen molar-refractivity contribution < 1.29 is 9.18 Å². The molecule has 0 bridgehead atoms. The third-order valence-corrected chi connectivity index (χ3v) is 3.74. The molecule has 1 amide bonds. The summed E-state index contributed by atoms with van der Waals surface area (Å²) in [5.41, 5.74) is 1.82. The van der Waals surface area contributed by atoms with Crippen LogP contribution in [0.3, 0.4) is 0 Å². The van der Waals surface area contributed by atoms with Gasteiger partial charge in [0.2, 0.25) is 0 Å². The number of piperidine rings is 1. The molecule has 3 rings (SSSR count). The van der Waals surface area contributed by atoms with E-state index in [0.717, 1.165) is 31.6 Å². The predicted octanol–water partition coefficient (Wildman–Crippen LogP) is 3.59. The van der Waals surface area contributed by atoms with E-state index in [2.05, 4.69) is 10.3 Å². The van der Waals surface area contributed by atoms with Crippen molar-refractivity contribution >= 4 is 17.3 Å². The molecule has 0 aliphatic carbocycles. The Balaban J connectivity index is 1.68. The highest BCUT2D eigenvalue weighted by atomic mass is 19.1. The number of hydrogen-bond donors (Lipinski definition) is 1. The van der Waals surface area contributed by atoms with E-state index in [1.54, 1.807) is 30.5 Å². The summed E-state index contributed by atoms with van der Waals surface area (Å²) < 4.78 is 13.1. The molecule has 1 aromatic carbocycles. The maximum atomic E-state index is 13.1. The van der Waals surface area contributed by atoms with Gasteiger partial charge in [-0.3, -0.25) is 4.79 Å². The summed E-state index contributed by atoms with van der Waals surface area (Å²) in [5.74, 6) is -0.313. The Kier molecular flexibility index (Phi) is 4.32. The van der Waals surface area contributed by atoms with Gasteiger partial charge < -0.3 is 10.2 Å². The van der Waals surface area contributed by atoms with Gasteiger partial charge in [0, 0.05) is 18.8 Å². The van der Waals surface area contributed by atoms with E-state index < -0.39 is 0 Å². The third kappa shape index (κ3) is 3.42. The molecule has 4 nitrogen and oxygen atoms in total. The lowest BCUT2D eigenvalue weighted by atomic mass is 10.1. The number of carbonyl (C=O) groups excluding carboxylic acids is 1. The fourth-order valence-corrected chi connectivity index (χ4v) is 2.59. The molecule has 1 saturated heterocycles. The van der Waals surface area contributed by atoms with Crippen molar-refractivity contribution in [1.82, 2.24) is 9.88 Å². The monoisotopic (exact) mass is 299 g/mol. The number of amides is 1. The molecule has 5 heteroatoms. The van der Waals surface area contributed by atoms with Crippen LogP contribution >= 0.6 is 0 Å². The first-order valence-electron chi connectivity index (χ1n) is 7.50. The van der Waals surface area contributed by atoms with Crippen molar-refractivity contribution in [3.05, 3.63) is 54.1 Å². The van der Waals surface area contributed by atoms with Gasteiger partial charge in [-0.1, -0.05) is 6.07 Å². The number of benzene rings is 1. The fourth-order valence-electron chi connectivity index (χ4n) is 2.59. The van der Waals surface area contributed by atoms with Gasteiger partial charge in [0.25, 0.3) is 5.91 Å². The number of halogens is 1. The van der Waals surface area contributed by atoms with Crippen LogP contribution in [0.2, 0.25) is 0 Å². The first kappa shape index (κ1) is 14.5. The smallest absolute Gasteiger partial charge is 0.272 e. The highest BCUT2D eigenvalue weighted by molar-refractivity contribution is 5.92. The molecule has 0 unspecified atom stereocenters. The van der Waals surface area contributed by atoms with Crippen LogP contribution in [-0.4, -0.2) is 28.9 Å². The van der Waals surface area contributed by atoms with Crippen LogP contribution in [0.15, 0.2) is 42.6 Å². The van der Waals surface area contributed by atoms with Crippen molar-refractivity contribution in [2.45, 2.75) is 19.3 Å². The molecule has 1 N–H and O–H groups in total. The van der Waals surface area contributed by atoms with Gasteiger partial charge >= 0.3 is 0 Å². The Hall–Kier alpha value is -2.43. The molecule has 0 saturated carbocycles. The SMILES string of the molecule is O=C(c1ccc(Nc2cccc(F)c2)cn1)N1CCCCC1. The Morgan fingerprint density at radius 1 is 1.09 bits per heavy atom. The number of nitrogens with one attached hydrogen (secondary N) is 1. The summed E-state index contributed by atoms with van der Waals surface area (Å²) in [6.45, 7) is 1.62. The molecule has 22 heavy (non-hydrogen) atoms. The summed E-state index contributed by atoms with van der Waals surface area (Å²) in [6.07, 6.45) is 4.91. The quantitative estimate of drug-likeness (QED) is 0.942. The number of carbonyl (C=O) groups is 1. The first-order chi connectivity index (χ1) is 10.7. The number of rotatable bonds is 3. The molecule has 2 heterocycles. The van der Waals surface area contributed by atoms with Gasteiger partial charge in [0.15, 0.2) is 0 Å². The Morgan fingerprint density at radius 3 is 2.59 bits per heavy atom. The van der Waals surface area contributed by atoms with E-state index in [4.69, 9.17) is 0 Å². The number of hydrogen-bond acceptors (Lipinski definition) is 3. The highest BCUT2D eigenvalue weighted by Crippen LogP contribution is 2.18. The molecule has 0 spiro atoms. The number of pyridine rings is 1. The summed E-state index contributed by atoms with van der Waals surface area (Å²) >= 11 is 0. The van der Waals surface area contributed by atoms with Gasteiger partial charge in [-0.05, 0) is 49.6 Å². The van der Waals surface area contributed by atoms with Crippen LogP contribution in [0.5, 0.6) is 0 Å². The standard InChI is InChI=1S/C17H18FN3O/c18-13-5-4-6-14(11-13)20-15-7-8-16(19-12-15)17(22)21-9-2-1-3-10-21/h4-8,11-12,20H,1-3,9-10H2. The third-order valence-electron chi connectivity index (χ3n) is 3.74. The minimum Gasteiger partial charge on any atom is -0.354 e. The minimum atomic E-state index is -0.296. The lowest BCUT2D eigenvalue weighted by Gasteiger charge is -2.26. The van der Waals surface area contributed by atoms with Gasteiger partial charge in [0.05, 0.1) is 11.9 Å². The zero-order chi connectivity index (χ0) is 15.4. The second kappa shape index (κ2) is 6.56. The summed E-state index contributed by atoms with van der Waals surface area (Å²) in [7, 11) is 0. The van der Waals surface area contributed by atoms with Crippen molar-refractivity contribution in [2.24, 2.45) is 0 Å². The average Bonchev–Trinajstić information content (AvgIpc) is 2.56. The Morgan fingerprint density at radius 2 is 1.91 bits per heavy atom. The molecule has 1 aliphatic rings. The van der Waals surface area contributed by atoms with Crippen molar-refractivity contribution in [3.8, 4) is 0 Å². The zero-order valence-electron chi connectivity index (χ0n) is 12.3. The molecule has 0 atom stereocenters. The molecule has 1 aromatic heterocycles. The van der Waals surface area contributed by atoms with Crippen molar-refractivity contribution in [2.75, 3.05) is 18.4 Å². The maximum absolute atomic E-state index is 13.1. The highest BCUT2D eigenvalue weighted by Gasteiger charge is 2.18.